The Bertz CT molecular complexity index is 6240. The third kappa shape index (κ3) is 39.9. The van der Waals surface area contributed by atoms with Crippen LogP contribution >= 0.6 is 0 Å². The number of hydrogen-bond acceptors (Lipinski definition) is 50. The quantitative estimate of drug-likeness (QED) is 0.0183. The molecule has 4 aromatic rings. The molecule has 2 fully saturated rings. The Hall–Kier alpha value is -7.22. The second-order valence-electron chi connectivity index (χ2n) is 26.2. The predicted molar refractivity (Wildman–Crippen MR) is 412 cm³/mol. The average molecular weight is 2220 g/mol. The van der Waals surface area contributed by atoms with E-state index in [2.05, 4.69) is 50.2 Å². The summed E-state index contributed by atoms with van der Waals surface area (Å²) in [7, 11) is -89.3. The molecule has 0 aromatic heterocycles. The van der Waals surface area contributed by atoms with Crippen molar-refractivity contribution in [3.63, 3.8) is 0 Å². The van der Waals surface area contributed by atoms with Gasteiger partial charge in [0, 0.05) is 37.1 Å². The summed E-state index contributed by atoms with van der Waals surface area (Å²) in [5, 5.41) is 32.1. The van der Waals surface area contributed by atoms with E-state index in [9.17, 15) is 202 Å². The van der Waals surface area contributed by atoms with Crippen molar-refractivity contribution >= 4 is 169 Å². The fourth-order valence-electron chi connectivity index (χ4n) is 12.1. The number of nitrogens with one attached hydrogen (secondary N) is 4. The van der Waals surface area contributed by atoms with Gasteiger partial charge < -0.3 is 41.0 Å². The lowest BCUT2D eigenvalue weighted by Crippen LogP contribution is -2.73. The van der Waals surface area contributed by atoms with Crippen LogP contribution in [0.5, 0.6) is 0 Å². The number of amides is 4. The molecule has 4 aromatic carbocycles. The van der Waals surface area contributed by atoms with Crippen LogP contribution in [-0.2, 0) is 236 Å². The van der Waals surface area contributed by atoms with Gasteiger partial charge >= 0.3 is 146 Å². The van der Waals surface area contributed by atoms with Gasteiger partial charge in [-0.2, -0.15) is 118 Å². The van der Waals surface area contributed by atoms with Crippen molar-refractivity contribution in [2.24, 2.45) is 0 Å². The van der Waals surface area contributed by atoms with Gasteiger partial charge in [-0.15, -0.1) is 0 Å². The minimum atomic E-state index is -6.61. The Morgan fingerprint density at radius 2 is 0.552 bits per heavy atom. The molecule has 2 aliphatic heterocycles. The molecule has 0 spiro atoms. The molecule has 134 heavy (non-hydrogen) atoms. The first-order valence-corrected chi connectivity index (χ1v) is 52.9. The first kappa shape index (κ1) is 115. The number of rotatable bonds is 51. The molecule has 2 heterocycles. The number of hydrogen-bond donors (Lipinski definition) is 20. The molecule has 20 N–H and O–H groups in total. The molecule has 0 saturated carbocycles. The summed E-state index contributed by atoms with van der Waals surface area (Å²) in [4.78, 5) is 57.5. The van der Waals surface area contributed by atoms with Crippen LogP contribution in [0.25, 0.3) is 11.1 Å². The molecular formula is C52H66N4O64S14. The molecule has 82 heteroatoms. The molecule has 0 radical (unpaired) electrons. The summed E-state index contributed by atoms with van der Waals surface area (Å²) in [6.45, 7) is -8.67. The van der Waals surface area contributed by atoms with Gasteiger partial charge in [0.1, 0.15) is 85.3 Å². The molecule has 762 valence electrons. The van der Waals surface area contributed by atoms with Gasteiger partial charge in [0.05, 0.1) is 13.2 Å². The van der Waals surface area contributed by atoms with E-state index in [1.807, 2.05) is 10.6 Å². The Labute approximate surface area is 755 Å². The molecule has 0 unspecified atom stereocenters. The third-order valence-electron chi connectivity index (χ3n) is 16.5. The summed E-state index contributed by atoms with van der Waals surface area (Å²) >= 11 is 0. The number of carbonyl (C=O) groups excluding carboxylic acids is 4. The SMILES string of the molecule is O=C(N[C@@H]1[C@@H](OS(=O)(=O)O)[C@H](OS(=O)(=O)O)[C@@H](CNC(=O)[C@H](OS(=O)(=O)O)[C@@H](OS(=O)(=O)O)[C@H](OS(=O)(=O)O)[C@@H](COS(=O)(=O)O)OS(=O)(=O)O)O[C@@]1(O)Cc1ccccc1)c1ccc(-c2ccc(C(=O)N[C@@H]3[C@@H](OS(=O)(=O)O)[C@H](OS(=O)(=O)O)[C@@H](CNC(=O)[C@H](OS(=O)(=O)O)[C@@H](OS(=O)(=O)O)[C@H](OS(=O)(=O)O)[C@@H](COS(=O)(=O)O)OS(=O)(=O)O)O[C@@]3(O)Cc3ccccc3)cc2)cc1. The van der Waals surface area contributed by atoms with Crippen LogP contribution in [0, 0.1) is 0 Å². The summed E-state index contributed by atoms with van der Waals surface area (Å²) in [5.74, 6) is -15.6. The largest absolute Gasteiger partial charge is 0.398 e. The molecule has 6 rings (SSSR count). The van der Waals surface area contributed by atoms with Crippen molar-refractivity contribution in [1.82, 2.24) is 21.3 Å². The lowest BCUT2D eigenvalue weighted by atomic mass is 9.86. The summed E-state index contributed by atoms with van der Waals surface area (Å²) in [6, 6.07) is 13.7. The molecule has 18 atom stereocenters. The third-order valence-corrected chi connectivity index (χ3v) is 23.0. The van der Waals surface area contributed by atoms with Crippen LogP contribution < -0.4 is 21.3 Å². The zero-order chi connectivity index (χ0) is 102. The van der Waals surface area contributed by atoms with Crippen molar-refractivity contribution in [3.05, 3.63) is 131 Å². The molecule has 0 bridgehead atoms. The van der Waals surface area contributed by atoms with Crippen molar-refractivity contribution in [3.8, 4) is 11.1 Å². The van der Waals surface area contributed by atoms with Crippen LogP contribution in [0.4, 0.5) is 0 Å². The Morgan fingerprint density at radius 1 is 0.306 bits per heavy atom. The lowest BCUT2D eigenvalue weighted by Gasteiger charge is -2.49. The van der Waals surface area contributed by atoms with E-state index >= 15 is 0 Å². The number of benzene rings is 4. The fourth-order valence-corrected chi connectivity index (χ4v) is 18.6. The van der Waals surface area contributed by atoms with E-state index in [1.54, 1.807) is 0 Å². The predicted octanol–water partition coefficient (Wildman–Crippen LogP) is -9.66. The lowest BCUT2D eigenvalue weighted by molar-refractivity contribution is -0.304. The monoisotopic (exact) mass is 2220 g/mol. The molecule has 2 aliphatic rings. The van der Waals surface area contributed by atoms with E-state index in [0.717, 1.165) is 72.8 Å². The van der Waals surface area contributed by atoms with Crippen LogP contribution in [0.15, 0.2) is 109 Å². The smallest absolute Gasteiger partial charge is 0.363 e. The van der Waals surface area contributed by atoms with Gasteiger partial charge in [-0.05, 0) is 46.5 Å². The minimum Gasteiger partial charge on any atom is -0.363 e. The number of carbonyl (C=O) groups is 4. The topological polar surface area (TPSA) is 1070 Å². The second-order valence-corrected chi connectivity index (χ2v) is 41.0. The normalized spacial score (nSPS) is 23.2. The highest BCUT2D eigenvalue weighted by Crippen LogP contribution is 2.40. The van der Waals surface area contributed by atoms with E-state index in [1.165, 1.54) is 47.0 Å². The molecular weight excluding hydrogens is 2150 g/mol. The van der Waals surface area contributed by atoms with Gasteiger partial charge in [0.15, 0.2) is 23.8 Å². The van der Waals surface area contributed by atoms with Crippen LogP contribution in [0.1, 0.15) is 31.8 Å². The average Bonchev–Trinajstić information content (AvgIpc) is 0.749. The van der Waals surface area contributed by atoms with E-state index in [-0.39, 0.29) is 22.3 Å². The number of aliphatic hydroxyl groups is 2. The van der Waals surface area contributed by atoms with Crippen molar-refractivity contribution in [1.29, 1.82) is 0 Å². The van der Waals surface area contributed by atoms with Crippen LogP contribution in [0.2, 0.25) is 0 Å². The fraction of sp³-hybridized carbons (Fsp3) is 0.462. The summed E-state index contributed by atoms with van der Waals surface area (Å²) < 4.78 is 549. The van der Waals surface area contributed by atoms with E-state index in [4.69, 9.17) is 26.9 Å². The molecule has 4 amide bonds. The van der Waals surface area contributed by atoms with Gasteiger partial charge in [-0.1, -0.05) is 84.9 Å². The first-order valence-electron chi connectivity index (χ1n) is 33.8. The zero-order valence-corrected chi connectivity index (χ0v) is 75.8. The van der Waals surface area contributed by atoms with Crippen LogP contribution in [0.3, 0.4) is 0 Å². The van der Waals surface area contributed by atoms with E-state index in [0.29, 0.717) is 0 Å². The zero-order valence-electron chi connectivity index (χ0n) is 64.3. The second kappa shape index (κ2) is 44.1. The Balaban J connectivity index is 1.41. The maximum atomic E-state index is 14.5. The standard InChI is InChI=1S/C52H66N4O64S14/c57-47(55-45-41(117-131(93,94)95)35(111-125(75,76)77)31(107-51(45,61)19-25-7-3-1-4-8-25)21-53-49(59)43(119-133(99,100)101)39(115-129(87,88)89)37(113-127(81,82)83)33(109-123(69,70)71)23-105-121(63,64)65)29-15-11-27(12-16-29)28-13-17-30(18-14-28)48(58)56-46-42(118-132(96,97)98)36(112-126(78,79)80)32(108-52(46,62)20-26-9-5-2-6-10-26)22-54-50(60)44(120-134(102,103)104)40(116-130(90,91)92)38(114-128(84,85)86)34(110-124(72,73)74)24-106-122(66,67)68/h1-18,31-46,61-62H,19-24H2,(H,53,59)(H,54,60)(H,55,57)(H,56,58)(H,63,64,65)(H,66,67,68)(H,69,70,71)(H,72,73,74)(H,75,76,77)(H,78,79,80)(H,81,82,83)(H,84,85,86)(H,87,88,89)(H,90,91,92)(H,93,94,95)(H,96,97,98)(H,99,100,101)(H,102,103,104)/t31-,32-,33-,34-,35-,36-,37-,38-,39+,40+,41+,42+,43-,44-,45-,46-,51+,52+/m1/s1. The molecule has 68 nitrogen and oxygen atoms in total. The summed E-state index contributed by atoms with van der Waals surface area (Å²) in [5.41, 5.74) is -1.86. The van der Waals surface area contributed by atoms with Gasteiger partial charge in [0.2, 0.25) is 0 Å². The van der Waals surface area contributed by atoms with E-state index < -0.39 is 329 Å². The van der Waals surface area contributed by atoms with Crippen molar-refractivity contribution < 1.29 is 279 Å². The maximum absolute atomic E-state index is 14.5. The van der Waals surface area contributed by atoms with Gasteiger partial charge in [0.25, 0.3) is 23.6 Å². The highest BCUT2D eigenvalue weighted by Gasteiger charge is 2.62. The minimum absolute atomic E-state index is 0.0553. The van der Waals surface area contributed by atoms with Crippen LogP contribution in [-0.4, -0.2) is 351 Å². The number of ether oxygens (including phenoxy) is 2. The van der Waals surface area contributed by atoms with Gasteiger partial charge in [-0.25, -0.2) is 58.6 Å². The highest BCUT2D eigenvalue weighted by atomic mass is 32.3. The Kier molecular flexibility index (Phi) is 38.0. The Morgan fingerprint density at radius 3 is 0.791 bits per heavy atom. The highest BCUT2D eigenvalue weighted by molar-refractivity contribution is 7.84. The molecule has 0 aliphatic carbocycles. The molecule has 2 saturated heterocycles. The summed E-state index contributed by atoms with van der Waals surface area (Å²) in [6.07, 6.45) is -52.3. The van der Waals surface area contributed by atoms with Crippen molar-refractivity contribution in [2.75, 3.05) is 26.3 Å². The maximum Gasteiger partial charge on any atom is 0.398 e. The first-order chi connectivity index (χ1) is 60.4. The van der Waals surface area contributed by atoms with Crippen molar-refractivity contribution in [2.45, 2.75) is 122 Å². The van der Waals surface area contributed by atoms with Gasteiger partial charge in [-0.3, -0.25) is 82.9 Å².